The van der Waals surface area contributed by atoms with E-state index in [9.17, 15) is 0 Å². The van der Waals surface area contributed by atoms with Crippen LogP contribution < -0.4 is 11.1 Å². The van der Waals surface area contributed by atoms with Gasteiger partial charge in [-0.15, -0.1) is 11.3 Å². The zero-order valence-corrected chi connectivity index (χ0v) is 22.9. The minimum Gasteiger partial charge on any atom is -0.391 e. The van der Waals surface area contributed by atoms with Gasteiger partial charge in [0.2, 0.25) is 0 Å². The Labute approximate surface area is 211 Å². The van der Waals surface area contributed by atoms with Gasteiger partial charge in [-0.2, -0.15) is 0 Å². The van der Waals surface area contributed by atoms with Gasteiger partial charge < -0.3 is 16.0 Å². The fourth-order valence-electron chi connectivity index (χ4n) is 2.76. The molecule has 0 spiro atoms. The number of thiophene rings is 1. The quantitative estimate of drug-likeness (QED) is 0.202. The second-order valence-electron chi connectivity index (χ2n) is 9.48. The number of hydrogen-bond donors (Lipinski definition) is 2. The van der Waals surface area contributed by atoms with Crippen molar-refractivity contribution in [2.45, 2.75) is 47.6 Å². The summed E-state index contributed by atoms with van der Waals surface area (Å²) in [5, 5.41) is 4.17. The Kier molecular flexibility index (Phi) is 11.8. The van der Waals surface area contributed by atoms with Gasteiger partial charge >= 0.3 is 0 Å². The zero-order chi connectivity index (χ0) is 25.9. The molecule has 3 N–H and O–H groups in total. The Morgan fingerprint density at radius 3 is 2.47 bits per heavy atom. The van der Waals surface area contributed by atoms with E-state index in [-0.39, 0.29) is 11.5 Å². The van der Waals surface area contributed by atoms with Crippen LogP contribution in [0.1, 0.15) is 46.4 Å². The second-order valence-corrected chi connectivity index (χ2v) is 10.6. The van der Waals surface area contributed by atoms with Crippen molar-refractivity contribution in [2.75, 3.05) is 25.9 Å². The van der Waals surface area contributed by atoms with Gasteiger partial charge in [0.05, 0.1) is 22.5 Å². The van der Waals surface area contributed by atoms with Gasteiger partial charge in [-0.05, 0) is 49.6 Å². The van der Waals surface area contributed by atoms with Gasteiger partial charge in [0.15, 0.2) is 0 Å². The molecule has 0 fully saturated rings. The highest BCUT2D eigenvalue weighted by molar-refractivity contribution is 7.16. The van der Waals surface area contributed by atoms with Crippen molar-refractivity contribution in [1.82, 2.24) is 10.2 Å². The Morgan fingerprint density at radius 1 is 1.29 bits per heavy atom. The molecule has 1 rings (SSSR count). The lowest BCUT2D eigenvalue weighted by Crippen LogP contribution is -2.30. The maximum Gasteiger partial charge on any atom is 0.132 e. The van der Waals surface area contributed by atoms with E-state index in [1.165, 1.54) is 11.3 Å². The molecule has 0 amide bonds. The number of allylic oxidation sites excluding steroid dienone is 3. The van der Waals surface area contributed by atoms with Gasteiger partial charge in [-0.3, -0.25) is 9.98 Å². The molecule has 0 radical (unpaired) electrons. The van der Waals surface area contributed by atoms with Crippen LogP contribution in [0.4, 0.5) is 5.00 Å². The van der Waals surface area contributed by atoms with Gasteiger partial charge in [0, 0.05) is 31.1 Å². The molecule has 1 aromatic heterocycles. The summed E-state index contributed by atoms with van der Waals surface area (Å²) in [6, 6.07) is 3.69. The fraction of sp³-hybridized carbons (Fsp3) is 0.429. The van der Waals surface area contributed by atoms with Crippen LogP contribution in [0.3, 0.4) is 0 Å². The maximum absolute atomic E-state index is 5.93. The van der Waals surface area contributed by atoms with Crippen LogP contribution in [-0.4, -0.2) is 43.6 Å². The molecule has 2 atom stereocenters. The highest BCUT2D eigenvalue weighted by Crippen LogP contribution is 2.27. The van der Waals surface area contributed by atoms with Gasteiger partial charge in [0.25, 0.3) is 0 Å². The Morgan fingerprint density at radius 2 is 1.97 bits per heavy atom. The van der Waals surface area contributed by atoms with Crippen LogP contribution in [0, 0.1) is 11.3 Å². The smallest absolute Gasteiger partial charge is 0.132 e. The summed E-state index contributed by atoms with van der Waals surface area (Å²) < 4.78 is 0. The summed E-state index contributed by atoms with van der Waals surface area (Å²) in [5.41, 5.74) is 8.88. The number of amidine groups is 1. The topological polar surface area (TPSA) is 66.0 Å². The van der Waals surface area contributed by atoms with Gasteiger partial charge in [-0.1, -0.05) is 65.2 Å². The average molecular weight is 482 g/mol. The lowest BCUT2D eigenvalue weighted by Gasteiger charge is -2.24. The number of aliphatic imine (C=N–C) groups is 2. The molecule has 1 heterocycles. The predicted octanol–water partition coefficient (Wildman–Crippen LogP) is 6.56. The monoisotopic (exact) mass is 481 g/mol. The average Bonchev–Trinajstić information content (AvgIpc) is 3.23. The highest BCUT2D eigenvalue weighted by atomic mass is 32.1. The lowest BCUT2D eigenvalue weighted by atomic mass is 9.82. The van der Waals surface area contributed by atoms with Crippen LogP contribution in [0.25, 0.3) is 5.70 Å². The van der Waals surface area contributed by atoms with Crippen molar-refractivity contribution < 1.29 is 0 Å². The van der Waals surface area contributed by atoms with E-state index in [4.69, 9.17) is 10.7 Å². The van der Waals surface area contributed by atoms with Crippen molar-refractivity contribution in [2.24, 2.45) is 21.3 Å². The Bertz CT molecular complexity index is 956. The summed E-state index contributed by atoms with van der Waals surface area (Å²) in [6.45, 7) is 26.3. The molecule has 0 aliphatic rings. The Hall–Kier alpha value is -2.86. The summed E-state index contributed by atoms with van der Waals surface area (Å²) in [4.78, 5) is 12.3. The first-order valence-electron chi connectivity index (χ1n) is 11.7. The minimum absolute atomic E-state index is 0.148. The van der Waals surface area contributed by atoms with Crippen molar-refractivity contribution in [3.63, 3.8) is 0 Å². The first-order valence-corrected chi connectivity index (χ1v) is 12.5. The van der Waals surface area contributed by atoms with Gasteiger partial charge in [-0.25, -0.2) is 0 Å². The molecule has 6 heteroatoms. The fourth-order valence-corrected chi connectivity index (χ4v) is 3.46. The molecule has 186 valence electrons. The molecular weight excluding hydrogens is 438 g/mol. The molecule has 1 aromatic rings. The zero-order valence-electron chi connectivity index (χ0n) is 22.1. The van der Waals surface area contributed by atoms with Crippen LogP contribution >= 0.6 is 11.3 Å². The molecule has 34 heavy (non-hydrogen) atoms. The molecule has 0 saturated heterocycles. The molecule has 0 aromatic carbocycles. The standard InChI is InChI=1S/C28H43N5S/c1-11-13-23(15-14-20(3)28(6,7)8)18-31-27(24(21(4)30-9)19-33(10)12-2)32-22(5)25-16-17-26(29)34-25/h11,13-17,19-21H,1,5,9,12,18,29H2,2-4,6-8,10H3,(H,31,32)/b15-14-,23-13+,24-19+. The third kappa shape index (κ3) is 9.56. The van der Waals surface area contributed by atoms with Crippen LogP contribution in [0.5, 0.6) is 0 Å². The van der Waals surface area contributed by atoms with Crippen molar-refractivity contribution in [1.29, 1.82) is 0 Å². The van der Waals surface area contributed by atoms with Crippen molar-refractivity contribution in [3.05, 3.63) is 71.8 Å². The Balaban J connectivity index is 3.40. The SMILES string of the molecule is C=C/C=C(\C=C/C(C)C(C)(C)C)CN=C(NC(=C)c1ccc(N)s1)/C(=C/N(C)CC)C(C)N=C. The van der Waals surface area contributed by atoms with E-state index in [2.05, 4.69) is 88.1 Å². The largest absolute Gasteiger partial charge is 0.391 e. The molecule has 0 saturated carbocycles. The number of anilines is 1. The minimum atomic E-state index is -0.148. The third-order valence-electron chi connectivity index (χ3n) is 5.77. The first-order chi connectivity index (χ1) is 15.9. The van der Waals surface area contributed by atoms with E-state index in [1.807, 2.05) is 32.2 Å². The van der Waals surface area contributed by atoms with E-state index in [0.717, 1.165) is 33.3 Å². The summed E-state index contributed by atoms with van der Waals surface area (Å²) in [5.74, 6) is 1.13. The van der Waals surface area contributed by atoms with E-state index in [0.29, 0.717) is 18.3 Å². The third-order valence-corrected chi connectivity index (χ3v) is 6.74. The number of hydrogen-bond acceptors (Lipinski definition) is 5. The number of nitrogens with two attached hydrogens (primary N) is 1. The molecule has 0 aliphatic heterocycles. The summed E-state index contributed by atoms with van der Waals surface area (Å²) in [6.07, 6.45) is 10.2. The number of nitrogens with one attached hydrogen (secondary N) is 1. The predicted molar refractivity (Wildman–Crippen MR) is 155 cm³/mol. The number of nitrogen functional groups attached to an aromatic ring is 1. The van der Waals surface area contributed by atoms with Gasteiger partial charge in [0.1, 0.15) is 5.84 Å². The van der Waals surface area contributed by atoms with E-state index in [1.54, 1.807) is 6.08 Å². The maximum atomic E-state index is 5.93. The lowest BCUT2D eigenvalue weighted by molar-refractivity contribution is 0.314. The molecule has 0 aliphatic carbocycles. The summed E-state index contributed by atoms with van der Waals surface area (Å²) in [7, 11) is 2.03. The molecular formula is C28H43N5S. The first kappa shape index (κ1) is 29.2. The van der Waals surface area contributed by atoms with Crippen LogP contribution in [0.2, 0.25) is 0 Å². The van der Waals surface area contributed by atoms with Crippen LogP contribution in [-0.2, 0) is 0 Å². The van der Waals surface area contributed by atoms with Crippen molar-refractivity contribution in [3.8, 4) is 0 Å². The molecule has 2 unspecified atom stereocenters. The number of rotatable bonds is 12. The van der Waals surface area contributed by atoms with E-state index >= 15 is 0 Å². The highest BCUT2D eigenvalue weighted by Gasteiger charge is 2.18. The van der Waals surface area contributed by atoms with E-state index < -0.39 is 0 Å². The second kappa shape index (κ2) is 13.8. The summed E-state index contributed by atoms with van der Waals surface area (Å²) >= 11 is 1.49. The van der Waals surface area contributed by atoms with Crippen molar-refractivity contribution >= 4 is 34.6 Å². The molecule has 0 bridgehead atoms. The molecule has 5 nitrogen and oxygen atoms in total. The normalized spacial score (nSPS) is 15.2. The van der Waals surface area contributed by atoms with Crippen LogP contribution in [0.15, 0.2) is 76.9 Å². The number of nitrogens with zero attached hydrogens (tertiary/aromatic N) is 3.